The summed E-state index contributed by atoms with van der Waals surface area (Å²) in [7, 11) is 1.66. The van der Waals surface area contributed by atoms with Crippen LogP contribution < -0.4 is 10.2 Å². The lowest BCUT2D eigenvalue weighted by molar-refractivity contribution is 0.204. The van der Waals surface area contributed by atoms with Crippen LogP contribution in [0.1, 0.15) is 0 Å². The summed E-state index contributed by atoms with van der Waals surface area (Å²) in [5.41, 5.74) is 0.444. The molecule has 0 spiro atoms. The zero-order chi connectivity index (χ0) is 13.8. The van der Waals surface area contributed by atoms with Crippen molar-refractivity contribution in [3.63, 3.8) is 0 Å². The summed E-state index contributed by atoms with van der Waals surface area (Å²) in [6.07, 6.45) is -1.18. The predicted molar refractivity (Wildman–Crippen MR) is 73.2 cm³/mol. The SMILES string of the molecule is CNc1cc(Cl)nc(N(C(=O)O)c2ccccc2)n1. The summed E-state index contributed by atoms with van der Waals surface area (Å²) in [5, 5.41) is 12.3. The number of carbonyl (C=O) groups is 1. The first kappa shape index (κ1) is 13.1. The van der Waals surface area contributed by atoms with Crippen LogP contribution in [-0.2, 0) is 0 Å². The van der Waals surface area contributed by atoms with Crippen LogP contribution in [0.25, 0.3) is 0 Å². The standard InChI is InChI=1S/C12H11ClN4O2/c1-14-10-7-9(13)15-11(16-10)17(12(18)19)8-5-3-2-4-6-8/h2-7H,1H3,(H,18,19)(H,14,15,16). The first-order valence-electron chi connectivity index (χ1n) is 5.42. The number of hydrogen-bond donors (Lipinski definition) is 2. The molecular weight excluding hydrogens is 268 g/mol. The number of rotatable bonds is 3. The smallest absolute Gasteiger partial charge is 0.418 e. The molecule has 0 saturated carbocycles. The Labute approximate surface area is 114 Å². The molecule has 98 valence electrons. The van der Waals surface area contributed by atoms with E-state index in [0.717, 1.165) is 4.90 Å². The normalized spacial score (nSPS) is 10.0. The van der Waals surface area contributed by atoms with Gasteiger partial charge in [0.25, 0.3) is 0 Å². The van der Waals surface area contributed by atoms with Crippen molar-refractivity contribution in [3.8, 4) is 0 Å². The number of nitrogens with zero attached hydrogens (tertiary/aromatic N) is 3. The fourth-order valence-corrected chi connectivity index (χ4v) is 1.70. The average Bonchev–Trinajstić information content (AvgIpc) is 2.39. The molecule has 0 bridgehead atoms. The number of carboxylic acid groups (broad SMARTS) is 1. The topological polar surface area (TPSA) is 78.4 Å². The van der Waals surface area contributed by atoms with Crippen LogP contribution >= 0.6 is 11.6 Å². The molecule has 0 saturated heterocycles. The van der Waals surface area contributed by atoms with Crippen LogP contribution in [-0.4, -0.2) is 28.2 Å². The van der Waals surface area contributed by atoms with Crippen LogP contribution in [0.15, 0.2) is 36.4 Å². The van der Waals surface area contributed by atoms with Gasteiger partial charge in [0.05, 0.1) is 5.69 Å². The molecule has 0 aliphatic rings. The zero-order valence-corrected chi connectivity index (χ0v) is 10.8. The molecule has 0 fully saturated rings. The van der Waals surface area contributed by atoms with Gasteiger partial charge in [-0.3, -0.25) is 0 Å². The van der Waals surface area contributed by atoms with E-state index in [1.165, 1.54) is 6.07 Å². The monoisotopic (exact) mass is 278 g/mol. The maximum atomic E-state index is 11.4. The fraction of sp³-hybridized carbons (Fsp3) is 0.0833. The molecule has 2 aromatic rings. The van der Waals surface area contributed by atoms with Crippen LogP contribution in [0.5, 0.6) is 0 Å². The second-order valence-electron chi connectivity index (χ2n) is 3.58. The van der Waals surface area contributed by atoms with E-state index >= 15 is 0 Å². The maximum absolute atomic E-state index is 11.4. The Morgan fingerprint density at radius 3 is 2.58 bits per heavy atom. The molecule has 0 atom stereocenters. The number of benzene rings is 1. The quantitative estimate of drug-likeness (QED) is 0.844. The Bertz CT molecular complexity index is 592. The largest absolute Gasteiger partial charge is 0.464 e. The summed E-state index contributed by atoms with van der Waals surface area (Å²) >= 11 is 5.85. The summed E-state index contributed by atoms with van der Waals surface area (Å²) in [6, 6.07) is 10.1. The number of halogens is 1. The van der Waals surface area contributed by atoms with Gasteiger partial charge in [-0.15, -0.1) is 0 Å². The number of hydrogen-bond acceptors (Lipinski definition) is 4. The first-order valence-corrected chi connectivity index (χ1v) is 5.80. The highest BCUT2D eigenvalue weighted by Crippen LogP contribution is 2.24. The van der Waals surface area contributed by atoms with Crippen molar-refractivity contribution in [1.29, 1.82) is 0 Å². The van der Waals surface area contributed by atoms with Gasteiger partial charge in [-0.05, 0) is 12.1 Å². The molecule has 19 heavy (non-hydrogen) atoms. The van der Waals surface area contributed by atoms with E-state index in [0.29, 0.717) is 11.5 Å². The van der Waals surface area contributed by atoms with Crippen molar-refractivity contribution in [2.24, 2.45) is 0 Å². The highest BCUT2D eigenvalue weighted by molar-refractivity contribution is 6.29. The Balaban J connectivity index is 2.51. The van der Waals surface area contributed by atoms with E-state index in [2.05, 4.69) is 15.3 Å². The summed E-state index contributed by atoms with van der Waals surface area (Å²) in [4.78, 5) is 20.4. The van der Waals surface area contributed by atoms with Crippen molar-refractivity contribution in [2.75, 3.05) is 17.3 Å². The van der Waals surface area contributed by atoms with Gasteiger partial charge in [-0.2, -0.15) is 4.98 Å². The molecule has 7 heteroatoms. The molecule has 1 amide bonds. The molecule has 1 heterocycles. The lowest BCUT2D eigenvalue weighted by atomic mass is 10.3. The second kappa shape index (κ2) is 5.53. The molecule has 2 N–H and O–H groups in total. The van der Waals surface area contributed by atoms with Crippen molar-refractivity contribution >= 4 is 35.1 Å². The predicted octanol–water partition coefficient (Wildman–Crippen LogP) is 2.99. The van der Waals surface area contributed by atoms with Crippen LogP contribution in [0.4, 0.5) is 22.2 Å². The van der Waals surface area contributed by atoms with Gasteiger partial charge in [0.1, 0.15) is 11.0 Å². The van der Waals surface area contributed by atoms with E-state index < -0.39 is 6.09 Å². The molecule has 0 unspecified atom stereocenters. The summed E-state index contributed by atoms with van der Waals surface area (Å²) < 4.78 is 0. The highest BCUT2D eigenvalue weighted by Gasteiger charge is 2.20. The minimum absolute atomic E-state index is 0.00412. The van der Waals surface area contributed by atoms with Crippen LogP contribution in [0.3, 0.4) is 0 Å². The molecule has 0 aliphatic carbocycles. The van der Waals surface area contributed by atoms with Crippen LogP contribution in [0.2, 0.25) is 5.15 Å². The minimum Gasteiger partial charge on any atom is -0.464 e. The van der Waals surface area contributed by atoms with Crippen LogP contribution in [0, 0.1) is 0 Å². The second-order valence-corrected chi connectivity index (χ2v) is 3.97. The van der Waals surface area contributed by atoms with E-state index in [1.54, 1.807) is 37.4 Å². The van der Waals surface area contributed by atoms with Gasteiger partial charge >= 0.3 is 6.09 Å². The number of aromatic nitrogens is 2. The van der Waals surface area contributed by atoms with E-state index in [9.17, 15) is 9.90 Å². The van der Waals surface area contributed by atoms with Gasteiger partial charge < -0.3 is 10.4 Å². The Morgan fingerprint density at radius 1 is 1.32 bits per heavy atom. The highest BCUT2D eigenvalue weighted by atomic mass is 35.5. The molecule has 1 aromatic heterocycles. The number of amides is 1. The Morgan fingerprint density at radius 2 is 2.00 bits per heavy atom. The number of para-hydroxylation sites is 1. The zero-order valence-electron chi connectivity index (χ0n) is 10.0. The lowest BCUT2D eigenvalue weighted by Gasteiger charge is -2.17. The van der Waals surface area contributed by atoms with Gasteiger partial charge in [0.2, 0.25) is 5.95 Å². The Kier molecular flexibility index (Phi) is 3.82. The van der Waals surface area contributed by atoms with Gasteiger partial charge in [-0.25, -0.2) is 14.7 Å². The van der Waals surface area contributed by atoms with Crippen molar-refractivity contribution in [2.45, 2.75) is 0 Å². The lowest BCUT2D eigenvalue weighted by Crippen LogP contribution is -2.25. The third-order valence-corrected chi connectivity index (χ3v) is 2.54. The van der Waals surface area contributed by atoms with Crippen molar-refractivity contribution < 1.29 is 9.90 Å². The summed E-state index contributed by atoms with van der Waals surface area (Å²) in [6.45, 7) is 0. The molecule has 0 radical (unpaired) electrons. The average molecular weight is 279 g/mol. The maximum Gasteiger partial charge on any atom is 0.418 e. The number of nitrogens with one attached hydrogen (secondary N) is 1. The molecular formula is C12H11ClN4O2. The van der Waals surface area contributed by atoms with Gasteiger partial charge in [0, 0.05) is 13.1 Å². The molecule has 2 rings (SSSR count). The molecule has 1 aromatic carbocycles. The van der Waals surface area contributed by atoms with Crippen molar-refractivity contribution in [3.05, 3.63) is 41.6 Å². The van der Waals surface area contributed by atoms with Gasteiger partial charge in [0.15, 0.2) is 0 Å². The van der Waals surface area contributed by atoms with Gasteiger partial charge in [-0.1, -0.05) is 29.8 Å². The minimum atomic E-state index is -1.18. The van der Waals surface area contributed by atoms with E-state index in [1.807, 2.05) is 0 Å². The third-order valence-electron chi connectivity index (χ3n) is 2.34. The summed E-state index contributed by atoms with van der Waals surface area (Å²) in [5.74, 6) is 0.438. The molecule has 6 nitrogen and oxygen atoms in total. The number of anilines is 3. The molecule has 0 aliphatic heterocycles. The first-order chi connectivity index (χ1) is 9.11. The Hall–Kier alpha value is -2.34. The fourth-order valence-electron chi connectivity index (χ4n) is 1.52. The van der Waals surface area contributed by atoms with Crippen molar-refractivity contribution in [1.82, 2.24) is 9.97 Å². The van der Waals surface area contributed by atoms with E-state index in [4.69, 9.17) is 11.6 Å². The van der Waals surface area contributed by atoms with E-state index in [-0.39, 0.29) is 11.1 Å². The third kappa shape index (κ3) is 2.92.